The molecule has 1 unspecified atom stereocenters. The van der Waals surface area contributed by atoms with Crippen molar-refractivity contribution in [1.29, 1.82) is 0 Å². The second kappa shape index (κ2) is 20.9. The molecule has 0 saturated heterocycles. The number of rotatable bonds is 20. The third-order valence-corrected chi connectivity index (χ3v) is 4.76. The van der Waals surface area contributed by atoms with Crippen molar-refractivity contribution in [3.8, 4) is 0 Å². The van der Waals surface area contributed by atoms with E-state index in [-0.39, 0.29) is 12.7 Å². The number of aliphatic hydroxyl groups excluding tert-OH is 1. The second-order valence-electron chi connectivity index (χ2n) is 7.04. The molecule has 3 nitrogen and oxygen atoms in total. The van der Waals surface area contributed by atoms with Crippen LogP contribution in [0.5, 0.6) is 0 Å². The summed E-state index contributed by atoms with van der Waals surface area (Å²) in [4.78, 5) is 0. The van der Waals surface area contributed by atoms with Crippen LogP contribution in [0.4, 0.5) is 0 Å². The Balaban J connectivity index is 3.03. The van der Waals surface area contributed by atoms with Crippen LogP contribution < -0.4 is 0 Å². The van der Waals surface area contributed by atoms with Crippen molar-refractivity contribution in [3.63, 3.8) is 0 Å². The van der Waals surface area contributed by atoms with E-state index in [0.29, 0.717) is 6.61 Å². The molecule has 24 heavy (non-hydrogen) atoms. The minimum absolute atomic E-state index is 0.0682. The van der Waals surface area contributed by atoms with Gasteiger partial charge in [-0.05, 0) is 12.8 Å². The Bertz CT molecular complexity index is 217. The molecule has 1 atom stereocenters. The maximum Gasteiger partial charge on any atom is 0.0823 e. The van der Waals surface area contributed by atoms with Gasteiger partial charge in [0.1, 0.15) is 0 Å². The highest BCUT2D eigenvalue weighted by Gasteiger charge is 2.04. The molecule has 1 N–H and O–H groups in total. The summed E-state index contributed by atoms with van der Waals surface area (Å²) >= 11 is 0. The van der Waals surface area contributed by atoms with Crippen molar-refractivity contribution >= 4 is 0 Å². The summed E-state index contributed by atoms with van der Waals surface area (Å²) in [7, 11) is 1.63. The summed E-state index contributed by atoms with van der Waals surface area (Å²) in [6.45, 7) is 3.90. The van der Waals surface area contributed by atoms with E-state index in [0.717, 1.165) is 19.4 Å². The third-order valence-electron chi connectivity index (χ3n) is 4.76. The molecule has 0 aliphatic rings. The molecular formula is C21H44O3. The van der Waals surface area contributed by atoms with Gasteiger partial charge in [0.2, 0.25) is 0 Å². The Kier molecular flexibility index (Phi) is 20.8. The highest BCUT2D eigenvalue weighted by atomic mass is 16.5. The molecule has 0 spiro atoms. The fourth-order valence-electron chi connectivity index (χ4n) is 3.00. The largest absolute Gasteiger partial charge is 0.394 e. The quantitative estimate of drug-likeness (QED) is 0.280. The Labute approximate surface area is 151 Å². The highest BCUT2D eigenvalue weighted by molar-refractivity contribution is 4.54. The summed E-state index contributed by atoms with van der Waals surface area (Å²) in [6.07, 6.45) is 20.1. The number of hydrogen-bond acceptors (Lipinski definition) is 3. The van der Waals surface area contributed by atoms with E-state index in [1.165, 1.54) is 83.5 Å². The SMILES string of the molecule is CCCCCCCCCCCCCCCCOCCC(CO)OC. The van der Waals surface area contributed by atoms with Crippen LogP contribution >= 0.6 is 0 Å². The predicted molar refractivity (Wildman–Crippen MR) is 104 cm³/mol. The van der Waals surface area contributed by atoms with Crippen molar-refractivity contribution in [1.82, 2.24) is 0 Å². The monoisotopic (exact) mass is 344 g/mol. The number of unbranched alkanes of at least 4 members (excludes halogenated alkanes) is 13. The lowest BCUT2D eigenvalue weighted by Gasteiger charge is -2.11. The molecule has 0 amide bonds. The van der Waals surface area contributed by atoms with Gasteiger partial charge in [-0.2, -0.15) is 0 Å². The van der Waals surface area contributed by atoms with Crippen LogP contribution in [-0.2, 0) is 9.47 Å². The molecule has 0 rings (SSSR count). The average molecular weight is 345 g/mol. The first kappa shape index (κ1) is 23.9. The van der Waals surface area contributed by atoms with Gasteiger partial charge in [-0.1, -0.05) is 90.4 Å². The molecule has 0 aromatic carbocycles. The van der Waals surface area contributed by atoms with Crippen molar-refractivity contribution in [2.24, 2.45) is 0 Å². The van der Waals surface area contributed by atoms with Crippen LogP contribution in [0.25, 0.3) is 0 Å². The lowest BCUT2D eigenvalue weighted by Crippen LogP contribution is -2.18. The molecule has 0 aliphatic carbocycles. The summed E-state index contributed by atoms with van der Waals surface area (Å²) in [5.74, 6) is 0. The molecule has 0 radical (unpaired) electrons. The van der Waals surface area contributed by atoms with Gasteiger partial charge in [0.25, 0.3) is 0 Å². The maximum absolute atomic E-state index is 8.98. The topological polar surface area (TPSA) is 38.7 Å². The first-order chi connectivity index (χ1) is 11.8. The van der Waals surface area contributed by atoms with Crippen molar-refractivity contribution in [3.05, 3.63) is 0 Å². The zero-order valence-electron chi connectivity index (χ0n) is 16.6. The zero-order valence-corrected chi connectivity index (χ0v) is 16.6. The fraction of sp³-hybridized carbons (Fsp3) is 1.00. The molecular weight excluding hydrogens is 300 g/mol. The van der Waals surface area contributed by atoms with Gasteiger partial charge < -0.3 is 14.6 Å². The summed E-state index contributed by atoms with van der Waals surface area (Å²) in [5, 5.41) is 8.98. The first-order valence-electron chi connectivity index (χ1n) is 10.6. The lowest BCUT2D eigenvalue weighted by molar-refractivity contribution is 0.0170. The normalized spacial score (nSPS) is 12.6. The van der Waals surface area contributed by atoms with Crippen LogP contribution in [-0.4, -0.2) is 38.1 Å². The minimum Gasteiger partial charge on any atom is -0.394 e. The van der Waals surface area contributed by atoms with Gasteiger partial charge >= 0.3 is 0 Å². The van der Waals surface area contributed by atoms with Crippen LogP contribution in [0.1, 0.15) is 103 Å². The zero-order chi connectivity index (χ0) is 17.7. The number of ether oxygens (including phenoxy) is 2. The molecule has 0 aromatic rings. The first-order valence-corrected chi connectivity index (χ1v) is 10.6. The molecule has 0 saturated carbocycles. The molecule has 0 bridgehead atoms. The molecule has 0 heterocycles. The van der Waals surface area contributed by atoms with E-state index in [4.69, 9.17) is 14.6 Å². The van der Waals surface area contributed by atoms with E-state index in [1.807, 2.05) is 0 Å². The number of methoxy groups -OCH3 is 1. The van der Waals surface area contributed by atoms with Gasteiger partial charge in [0.05, 0.1) is 12.7 Å². The van der Waals surface area contributed by atoms with Crippen LogP contribution in [0.2, 0.25) is 0 Å². The van der Waals surface area contributed by atoms with E-state index < -0.39 is 0 Å². The molecule has 0 aromatic heterocycles. The van der Waals surface area contributed by atoms with Crippen molar-refractivity contribution in [2.75, 3.05) is 26.9 Å². The van der Waals surface area contributed by atoms with Crippen molar-refractivity contribution in [2.45, 2.75) is 109 Å². The van der Waals surface area contributed by atoms with Gasteiger partial charge in [-0.3, -0.25) is 0 Å². The average Bonchev–Trinajstić information content (AvgIpc) is 2.61. The Morgan fingerprint density at radius 2 is 1.12 bits per heavy atom. The lowest BCUT2D eigenvalue weighted by atomic mass is 10.0. The second-order valence-corrected chi connectivity index (χ2v) is 7.04. The van der Waals surface area contributed by atoms with E-state index >= 15 is 0 Å². The van der Waals surface area contributed by atoms with E-state index in [2.05, 4.69) is 6.92 Å². The van der Waals surface area contributed by atoms with E-state index in [1.54, 1.807) is 7.11 Å². The Morgan fingerprint density at radius 3 is 1.54 bits per heavy atom. The minimum atomic E-state index is -0.0682. The molecule has 146 valence electrons. The molecule has 0 fully saturated rings. The van der Waals surface area contributed by atoms with Gasteiger partial charge in [0, 0.05) is 20.3 Å². The van der Waals surface area contributed by atoms with Gasteiger partial charge in [0.15, 0.2) is 0 Å². The Morgan fingerprint density at radius 1 is 0.667 bits per heavy atom. The fourth-order valence-corrected chi connectivity index (χ4v) is 3.00. The standard InChI is InChI=1S/C21H44O3/c1-3-4-5-6-7-8-9-10-11-12-13-14-15-16-18-24-19-17-21(20-22)23-2/h21-22H,3-20H2,1-2H3. The van der Waals surface area contributed by atoms with Crippen LogP contribution in [0, 0.1) is 0 Å². The summed E-state index contributed by atoms with van der Waals surface area (Å²) in [6, 6.07) is 0. The smallest absolute Gasteiger partial charge is 0.0823 e. The highest BCUT2D eigenvalue weighted by Crippen LogP contribution is 2.12. The van der Waals surface area contributed by atoms with E-state index in [9.17, 15) is 0 Å². The molecule has 0 aliphatic heterocycles. The Hall–Kier alpha value is -0.120. The number of aliphatic hydroxyl groups is 1. The number of hydrogen-bond donors (Lipinski definition) is 1. The van der Waals surface area contributed by atoms with Gasteiger partial charge in [-0.15, -0.1) is 0 Å². The summed E-state index contributed by atoms with van der Waals surface area (Å²) in [5.41, 5.74) is 0. The van der Waals surface area contributed by atoms with Crippen molar-refractivity contribution < 1.29 is 14.6 Å². The van der Waals surface area contributed by atoms with Crippen LogP contribution in [0.15, 0.2) is 0 Å². The molecule has 3 heteroatoms. The van der Waals surface area contributed by atoms with Gasteiger partial charge in [-0.25, -0.2) is 0 Å². The maximum atomic E-state index is 8.98. The predicted octanol–water partition coefficient (Wildman–Crippen LogP) is 5.88. The summed E-state index contributed by atoms with van der Waals surface area (Å²) < 4.78 is 10.7. The third kappa shape index (κ3) is 18.2. The van der Waals surface area contributed by atoms with Crippen LogP contribution in [0.3, 0.4) is 0 Å².